The van der Waals surface area contributed by atoms with Crippen LogP contribution in [0.3, 0.4) is 0 Å². The molecule has 1 aromatic carbocycles. The van der Waals surface area contributed by atoms with Crippen molar-refractivity contribution in [2.75, 3.05) is 5.32 Å². The van der Waals surface area contributed by atoms with Crippen LogP contribution in [0.15, 0.2) is 30.3 Å². The van der Waals surface area contributed by atoms with E-state index in [0.717, 1.165) is 0 Å². The molecule has 19 heavy (non-hydrogen) atoms. The summed E-state index contributed by atoms with van der Waals surface area (Å²) < 4.78 is 0. The summed E-state index contributed by atoms with van der Waals surface area (Å²) in [7, 11) is 0. The van der Waals surface area contributed by atoms with Crippen molar-refractivity contribution in [3.8, 4) is 0 Å². The highest BCUT2D eigenvalue weighted by atomic mass is 35.5. The van der Waals surface area contributed by atoms with E-state index in [9.17, 15) is 4.79 Å². The van der Waals surface area contributed by atoms with Crippen molar-refractivity contribution < 1.29 is 9.90 Å². The van der Waals surface area contributed by atoms with Gasteiger partial charge < -0.3 is 10.4 Å². The number of carbonyl (C=O) groups is 1. The van der Waals surface area contributed by atoms with Gasteiger partial charge in [0.25, 0.3) is 0 Å². The number of carboxylic acids is 1. The van der Waals surface area contributed by atoms with Gasteiger partial charge in [0.1, 0.15) is 5.82 Å². The second kappa shape index (κ2) is 5.65. The lowest BCUT2D eigenvalue weighted by Crippen LogP contribution is -2.04. The Balaban J connectivity index is 2.33. The lowest BCUT2D eigenvalue weighted by Gasteiger charge is -2.08. The average molecular weight is 318 g/mol. The van der Waals surface area contributed by atoms with Crippen LogP contribution in [-0.2, 0) is 0 Å². The van der Waals surface area contributed by atoms with Crippen LogP contribution in [0.5, 0.6) is 0 Å². The van der Waals surface area contributed by atoms with E-state index < -0.39 is 5.97 Å². The summed E-state index contributed by atoms with van der Waals surface area (Å²) >= 11 is 17.5. The number of nitrogens with one attached hydrogen (secondary N) is 1. The first-order valence-corrected chi connectivity index (χ1v) is 6.22. The van der Waals surface area contributed by atoms with Gasteiger partial charge in [-0.05, 0) is 30.3 Å². The molecule has 0 atom stereocenters. The van der Waals surface area contributed by atoms with Gasteiger partial charge in [0.05, 0.1) is 5.02 Å². The van der Waals surface area contributed by atoms with Crippen LogP contribution in [0.25, 0.3) is 0 Å². The third-order valence-electron chi connectivity index (χ3n) is 2.18. The van der Waals surface area contributed by atoms with E-state index in [2.05, 4.69) is 10.3 Å². The minimum absolute atomic E-state index is 0.0715. The molecule has 98 valence electrons. The molecule has 0 radical (unpaired) electrons. The van der Waals surface area contributed by atoms with E-state index in [1.165, 1.54) is 6.07 Å². The van der Waals surface area contributed by atoms with E-state index in [-0.39, 0.29) is 10.7 Å². The van der Waals surface area contributed by atoms with Crippen LogP contribution in [0.4, 0.5) is 11.5 Å². The predicted molar refractivity (Wildman–Crippen MR) is 76.0 cm³/mol. The Morgan fingerprint density at radius 2 is 1.74 bits per heavy atom. The standard InChI is InChI=1S/C12H7Cl3N2O2/c13-6-3-7(14)5-8(4-6)16-10-2-1-9(15)11(17-10)12(18)19/h1-5H,(H,16,17)(H,18,19). The van der Waals surface area contributed by atoms with Crippen LogP contribution in [0.2, 0.25) is 15.1 Å². The lowest BCUT2D eigenvalue weighted by atomic mass is 10.3. The van der Waals surface area contributed by atoms with Gasteiger partial charge in [-0.1, -0.05) is 34.8 Å². The fourth-order valence-electron chi connectivity index (χ4n) is 1.44. The number of benzene rings is 1. The smallest absolute Gasteiger partial charge is 0.356 e. The molecule has 2 rings (SSSR count). The second-order valence-corrected chi connectivity index (χ2v) is 4.90. The summed E-state index contributed by atoms with van der Waals surface area (Å²) in [5.74, 6) is -0.863. The molecule has 7 heteroatoms. The Bertz CT molecular complexity index is 627. The van der Waals surface area contributed by atoms with Gasteiger partial charge in [0.2, 0.25) is 0 Å². The highest BCUT2D eigenvalue weighted by Gasteiger charge is 2.11. The molecule has 0 fully saturated rings. The van der Waals surface area contributed by atoms with Gasteiger partial charge in [0.15, 0.2) is 5.69 Å². The van der Waals surface area contributed by atoms with Crippen molar-refractivity contribution in [2.45, 2.75) is 0 Å². The second-order valence-electron chi connectivity index (χ2n) is 3.62. The maximum Gasteiger partial charge on any atom is 0.356 e. The maximum absolute atomic E-state index is 10.9. The molecule has 2 aromatic rings. The van der Waals surface area contributed by atoms with Gasteiger partial charge in [-0.15, -0.1) is 0 Å². The number of aromatic nitrogens is 1. The van der Waals surface area contributed by atoms with Crippen LogP contribution in [-0.4, -0.2) is 16.1 Å². The molecule has 1 heterocycles. The molecule has 0 unspecified atom stereocenters. The quantitative estimate of drug-likeness (QED) is 0.876. The topological polar surface area (TPSA) is 62.2 Å². The molecule has 0 aliphatic rings. The highest BCUT2D eigenvalue weighted by molar-refractivity contribution is 6.35. The van der Waals surface area contributed by atoms with Crippen molar-refractivity contribution in [1.29, 1.82) is 0 Å². The Labute approximate surface area is 123 Å². The molecule has 0 aliphatic carbocycles. The Hall–Kier alpha value is -1.49. The van der Waals surface area contributed by atoms with Crippen LogP contribution in [0, 0.1) is 0 Å². The zero-order valence-corrected chi connectivity index (χ0v) is 11.6. The summed E-state index contributed by atoms with van der Waals surface area (Å²) in [6, 6.07) is 7.89. The van der Waals surface area contributed by atoms with Crippen molar-refractivity contribution >= 4 is 52.3 Å². The minimum Gasteiger partial charge on any atom is -0.476 e. The molecular weight excluding hydrogens is 311 g/mol. The molecule has 0 bridgehead atoms. The third-order valence-corrected chi connectivity index (χ3v) is 2.92. The van der Waals surface area contributed by atoms with Gasteiger partial charge >= 0.3 is 5.97 Å². The Kier molecular flexibility index (Phi) is 4.14. The number of hydrogen-bond donors (Lipinski definition) is 2. The number of hydrogen-bond acceptors (Lipinski definition) is 3. The lowest BCUT2D eigenvalue weighted by molar-refractivity contribution is 0.0691. The van der Waals surface area contributed by atoms with E-state index in [1.54, 1.807) is 24.3 Å². The van der Waals surface area contributed by atoms with Crippen molar-refractivity contribution in [3.63, 3.8) is 0 Å². The molecule has 0 saturated carbocycles. The monoisotopic (exact) mass is 316 g/mol. The molecular formula is C12H7Cl3N2O2. The number of halogens is 3. The van der Waals surface area contributed by atoms with Crippen LogP contribution < -0.4 is 5.32 Å². The molecule has 2 N–H and O–H groups in total. The van der Waals surface area contributed by atoms with Crippen molar-refractivity contribution in [3.05, 3.63) is 51.1 Å². The first-order chi connectivity index (χ1) is 8.95. The Morgan fingerprint density at radius 3 is 2.32 bits per heavy atom. The number of carboxylic acid groups (broad SMARTS) is 1. The first-order valence-electron chi connectivity index (χ1n) is 5.08. The summed E-state index contributed by atoms with van der Waals surface area (Å²) in [5.41, 5.74) is 0.378. The van der Waals surface area contributed by atoms with Gasteiger partial charge in [-0.3, -0.25) is 0 Å². The Morgan fingerprint density at radius 1 is 1.11 bits per heavy atom. The summed E-state index contributed by atoms with van der Waals surface area (Å²) in [6.07, 6.45) is 0. The number of anilines is 2. The number of nitrogens with zero attached hydrogens (tertiary/aromatic N) is 1. The summed E-state index contributed by atoms with van der Waals surface area (Å²) in [5, 5.41) is 12.8. The predicted octanol–water partition coefficient (Wildman–Crippen LogP) is 4.48. The zero-order valence-electron chi connectivity index (χ0n) is 9.32. The van der Waals surface area contributed by atoms with Gasteiger partial charge in [0, 0.05) is 15.7 Å². The summed E-state index contributed by atoms with van der Waals surface area (Å²) in [4.78, 5) is 14.8. The van der Waals surface area contributed by atoms with E-state index in [1.807, 2.05) is 0 Å². The SMILES string of the molecule is O=C(O)c1nc(Nc2cc(Cl)cc(Cl)c2)ccc1Cl. The fraction of sp³-hybridized carbons (Fsp3) is 0. The summed E-state index contributed by atoms with van der Waals surface area (Å²) in [6.45, 7) is 0. The third kappa shape index (κ3) is 3.50. The number of aromatic carboxylic acids is 1. The average Bonchev–Trinajstić information content (AvgIpc) is 2.30. The molecule has 4 nitrogen and oxygen atoms in total. The molecule has 0 amide bonds. The number of pyridine rings is 1. The van der Waals surface area contributed by atoms with Gasteiger partial charge in [-0.2, -0.15) is 0 Å². The molecule has 0 spiro atoms. The minimum atomic E-state index is -1.20. The fourth-order valence-corrected chi connectivity index (χ4v) is 2.15. The van der Waals surface area contributed by atoms with Gasteiger partial charge in [-0.25, -0.2) is 9.78 Å². The van der Waals surface area contributed by atoms with Crippen LogP contribution in [0.1, 0.15) is 10.5 Å². The highest BCUT2D eigenvalue weighted by Crippen LogP contribution is 2.25. The number of rotatable bonds is 3. The molecule has 1 aromatic heterocycles. The zero-order chi connectivity index (χ0) is 14.0. The molecule has 0 aliphatic heterocycles. The van der Waals surface area contributed by atoms with Crippen molar-refractivity contribution in [1.82, 2.24) is 4.98 Å². The van der Waals surface area contributed by atoms with E-state index >= 15 is 0 Å². The normalized spacial score (nSPS) is 10.3. The maximum atomic E-state index is 10.9. The van der Waals surface area contributed by atoms with E-state index in [0.29, 0.717) is 21.6 Å². The van der Waals surface area contributed by atoms with E-state index in [4.69, 9.17) is 39.9 Å². The first kappa shape index (κ1) is 13.9. The van der Waals surface area contributed by atoms with Crippen molar-refractivity contribution in [2.24, 2.45) is 0 Å². The van der Waals surface area contributed by atoms with Crippen LogP contribution >= 0.6 is 34.8 Å². The molecule has 0 saturated heterocycles. The largest absolute Gasteiger partial charge is 0.476 e.